The lowest BCUT2D eigenvalue weighted by Crippen LogP contribution is -2.30. The number of hydrogen-bond donors (Lipinski definition) is 1. The highest BCUT2D eigenvalue weighted by molar-refractivity contribution is 7.89. The van der Waals surface area contributed by atoms with E-state index in [9.17, 15) is 18.3 Å². The zero-order valence-electron chi connectivity index (χ0n) is 33.1. The van der Waals surface area contributed by atoms with E-state index in [1.165, 1.54) is 4.31 Å². The Balaban J connectivity index is 1.25. The summed E-state index contributed by atoms with van der Waals surface area (Å²) in [7, 11) is 3.07. The van der Waals surface area contributed by atoms with Gasteiger partial charge >= 0.3 is 5.97 Å². The van der Waals surface area contributed by atoms with E-state index in [0.29, 0.717) is 37.1 Å². The molecule has 0 spiro atoms. The van der Waals surface area contributed by atoms with Crippen LogP contribution >= 0.6 is 0 Å². The molecule has 0 aliphatic carbocycles. The van der Waals surface area contributed by atoms with E-state index in [1.807, 2.05) is 97.9 Å². The van der Waals surface area contributed by atoms with E-state index in [0.717, 1.165) is 58.3 Å². The van der Waals surface area contributed by atoms with Crippen LogP contribution < -0.4 is 14.2 Å². The van der Waals surface area contributed by atoms with Crippen molar-refractivity contribution in [3.8, 4) is 28.5 Å². The molecule has 3 aromatic carbocycles. The number of ether oxygens (including phenoxy) is 3. The van der Waals surface area contributed by atoms with Crippen molar-refractivity contribution in [2.45, 2.75) is 76.7 Å². The van der Waals surface area contributed by atoms with E-state index in [-0.39, 0.29) is 30.5 Å². The van der Waals surface area contributed by atoms with Crippen LogP contribution in [0.1, 0.15) is 67.0 Å². The van der Waals surface area contributed by atoms with Crippen LogP contribution in [0.25, 0.3) is 11.1 Å². The molecular formula is C43H53N5O7S. The summed E-state index contributed by atoms with van der Waals surface area (Å²) < 4.78 is 48.6. The van der Waals surface area contributed by atoms with Crippen LogP contribution in [0.15, 0.2) is 96.2 Å². The molecule has 5 rings (SSSR count). The second kappa shape index (κ2) is 19.6. The summed E-state index contributed by atoms with van der Waals surface area (Å²) in [4.78, 5) is 18.1. The van der Waals surface area contributed by atoms with Crippen molar-refractivity contribution in [3.63, 3.8) is 0 Å². The van der Waals surface area contributed by atoms with Gasteiger partial charge in [0.2, 0.25) is 5.88 Å². The average molecular weight is 784 g/mol. The number of sulfonamides is 1. The van der Waals surface area contributed by atoms with Gasteiger partial charge in [-0.05, 0) is 103 Å². The van der Waals surface area contributed by atoms with E-state index in [4.69, 9.17) is 14.2 Å². The molecule has 2 aromatic heterocycles. The lowest BCUT2D eigenvalue weighted by atomic mass is 9.89. The number of nitrogens with zero attached hydrogens (tertiary/aromatic N) is 5. The van der Waals surface area contributed by atoms with Crippen molar-refractivity contribution < 1.29 is 32.5 Å². The Hall–Kier alpha value is -5.24. The molecule has 0 amide bonds. The predicted molar refractivity (Wildman–Crippen MR) is 216 cm³/mol. The first-order valence-electron chi connectivity index (χ1n) is 18.8. The number of hydrogen-bond acceptors (Lipinski definition) is 9. The normalized spacial score (nSPS) is 11.7. The predicted octanol–water partition coefficient (Wildman–Crippen LogP) is 7.41. The summed E-state index contributed by atoms with van der Waals surface area (Å²) in [5.74, 6) is 1.17. The maximum atomic E-state index is 14.4. The number of aliphatic carboxylic acids is 1. The van der Waals surface area contributed by atoms with Gasteiger partial charge in [-0.25, -0.2) is 13.4 Å². The van der Waals surface area contributed by atoms with Gasteiger partial charge in [-0.2, -0.15) is 9.40 Å². The third kappa shape index (κ3) is 11.2. The van der Waals surface area contributed by atoms with Gasteiger partial charge in [-0.3, -0.25) is 9.48 Å². The summed E-state index contributed by atoms with van der Waals surface area (Å²) in [5, 5.41) is 14.3. The first-order chi connectivity index (χ1) is 26.9. The van der Waals surface area contributed by atoms with Crippen molar-refractivity contribution in [2.24, 2.45) is 0 Å². The van der Waals surface area contributed by atoms with E-state index >= 15 is 0 Å². The number of carbonyl (C=O) groups is 1. The summed E-state index contributed by atoms with van der Waals surface area (Å²) >= 11 is 0. The van der Waals surface area contributed by atoms with Gasteiger partial charge in [-0.1, -0.05) is 56.3 Å². The van der Waals surface area contributed by atoms with Crippen LogP contribution in [-0.2, 0) is 47.4 Å². The number of methoxy groups -OCH3 is 2. The molecule has 0 aliphatic rings. The molecule has 12 nitrogen and oxygen atoms in total. The number of aromatic nitrogens is 3. The summed E-state index contributed by atoms with van der Waals surface area (Å²) in [5.41, 5.74) is 5.99. The minimum absolute atomic E-state index is 0.0103. The monoisotopic (exact) mass is 783 g/mol. The fraction of sp³-hybridized carbons (Fsp3) is 0.372. The molecule has 298 valence electrons. The molecule has 0 radical (unpaired) electrons. The first kappa shape index (κ1) is 41.9. The largest absolute Gasteiger partial charge is 0.497 e. The molecule has 56 heavy (non-hydrogen) atoms. The second-order valence-corrected chi connectivity index (χ2v) is 16.2. The number of unbranched alkanes of at least 4 members (excludes halogenated alkanes) is 2. The minimum atomic E-state index is -4.01. The number of pyridine rings is 1. The molecule has 0 atom stereocenters. The Bertz CT molecular complexity index is 2100. The molecule has 0 aliphatic heterocycles. The van der Waals surface area contributed by atoms with Gasteiger partial charge in [0.25, 0.3) is 10.0 Å². The van der Waals surface area contributed by atoms with E-state index in [2.05, 4.69) is 23.9 Å². The Morgan fingerprint density at radius 3 is 2.05 bits per heavy atom. The summed E-state index contributed by atoms with van der Waals surface area (Å²) in [6.45, 7) is 5.94. The first-order valence-corrected chi connectivity index (χ1v) is 20.2. The van der Waals surface area contributed by atoms with Gasteiger partial charge in [0, 0.05) is 44.5 Å². The number of rotatable bonds is 21. The van der Waals surface area contributed by atoms with Crippen LogP contribution in [0.5, 0.6) is 17.4 Å². The number of carboxylic acid groups (broad SMARTS) is 1. The average Bonchev–Trinajstić information content (AvgIpc) is 3.58. The Labute approximate surface area is 330 Å². The quantitative estimate of drug-likeness (QED) is 0.0750. The third-order valence-electron chi connectivity index (χ3n) is 9.43. The van der Waals surface area contributed by atoms with Crippen molar-refractivity contribution in [1.29, 1.82) is 0 Å². The molecule has 0 fully saturated rings. The maximum Gasteiger partial charge on any atom is 0.307 e. The van der Waals surface area contributed by atoms with Gasteiger partial charge in [0.05, 0.1) is 32.9 Å². The molecule has 0 bridgehead atoms. The number of benzene rings is 3. The molecular weight excluding hydrogens is 731 g/mol. The zero-order valence-corrected chi connectivity index (χ0v) is 34.0. The lowest BCUT2D eigenvalue weighted by Gasteiger charge is -2.21. The molecule has 0 saturated carbocycles. The smallest absolute Gasteiger partial charge is 0.307 e. The Morgan fingerprint density at radius 1 is 0.839 bits per heavy atom. The van der Waals surface area contributed by atoms with Crippen LogP contribution in [0.2, 0.25) is 0 Å². The van der Waals surface area contributed by atoms with Gasteiger partial charge in [0.1, 0.15) is 11.5 Å². The fourth-order valence-corrected chi connectivity index (χ4v) is 7.95. The van der Waals surface area contributed by atoms with Crippen molar-refractivity contribution >= 4 is 16.0 Å². The molecule has 1 N–H and O–H groups in total. The minimum Gasteiger partial charge on any atom is -0.497 e. The van der Waals surface area contributed by atoms with Crippen LogP contribution in [0, 0.1) is 0 Å². The van der Waals surface area contributed by atoms with Gasteiger partial charge < -0.3 is 24.2 Å². The van der Waals surface area contributed by atoms with Crippen LogP contribution in [-0.4, -0.2) is 78.4 Å². The molecule has 2 heterocycles. The Morgan fingerprint density at radius 2 is 1.48 bits per heavy atom. The highest BCUT2D eigenvalue weighted by Crippen LogP contribution is 2.32. The SMILES string of the molecule is COc1ccc(CN(Cc2ccc(OC)cc2)S(=O)(=O)c2cc(CN(C)C)n(CCCCCOc3cc(-c4cccc(C(C)C)c4CC(=O)O)ccn3)n2)cc1. The van der Waals surface area contributed by atoms with Crippen LogP contribution in [0.4, 0.5) is 0 Å². The van der Waals surface area contributed by atoms with Gasteiger partial charge in [0.15, 0.2) is 5.03 Å². The third-order valence-corrected chi connectivity index (χ3v) is 11.1. The van der Waals surface area contributed by atoms with Crippen LogP contribution in [0.3, 0.4) is 0 Å². The Kier molecular flexibility index (Phi) is 14.6. The maximum absolute atomic E-state index is 14.4. The standard InChI is InChI=1S/C43H53N5O7S/c1-31(2)38-11-10-12-39(40(38)27-43(49)50)34-21-22-44-41(25-34)55-24-9-7-8-23-48-35(30-46(3)4)26-42(45-48)56(51,52)47(28-32-13-17-36(53-5)18-14-32)29-33-15-19-37(54-6)20-16-33/h10-22,25-26,31H,7-9,23-24,27-30H2,1-6H3,(H,49,50). The highest BCUT2D eigenvalue weighted by atomic mass is 32.2. The summed E-state index contributed by atoms with van der Waals surface area (Å²) in [6, 6.07) is 26.1. The van der Waals surface area contributed by atoms with Crippen molar-refractivity contribution in [1.82, 2.24) is 24.0 Å². The summed E-state index contributed by atoms with van der Waals surface area (Å²) in [6.07, 6.45) is 3.96. The molecule has 0 unspecified atom stereocenters. The number of aryl methyl sites for hydroxylation is 1. The lowest BCUT2D eigenvalue weighted by molar-refractivity contribution is -0.136. The highest BCUT2D eigenvalue weighted by Gasteiger charge is 2.29. The van der Waals surface area contributed by atoms with E-state index in [1.54, 1.807) is 31.2 Å². The van der Waals surface area contributed by atoms with Crippen molar-refractivity contribution in [2.75, 3.05) is 34.9 Å². The van der Waals surface area contributed by atoms with Gasteiger partial charge in [-0.15, -0.1) is 0 Å². The topological polar surface area (TPSA) is 136 Å². The molecule has 5 aromatic rings. The molecule has 0 saturated heterocycles. The van der Waals surface area contributed by atoms with Crippen molar-refractivity contribution in [3.05, 3.63) is 119 Å². The van der Waals surface area contributed by atoms with E-state index < -0.39 is 16.0 Å². The molecule has 13 heteroatoms. The second-order valence-electron chi connectivity index (χ2n) is 14.3. The zero-order chi connectivity index (χ0) is 40.2. The fourth-order valence-electron chi connectivity index (χ4n) is 6.56. The number of carboxylic acids is 1.